The highest BCUT2D eigenvalue weighted by atomic mass is 32.1. The molecule has 0 aliphatic carbocycles. The maximum absolute atomic E-state index is 13.5. The lowest BCUT2D eigenvalue weighted by Crippen LogP contribution is -2.48. The van der Waals surface area contributed by atoms with Gasteiger partial charge in [-0.2, -0.15) is 0 Å². The van der Waals surface area contributed by atoms with E-state index in [0.717, 1.165) is 30.7 Å². The molecule has 1 aromatic rings. The molecule has 1 aromatic carbocycles. The van der Waals surface area contributed by atoms with E-state index in [0.29, 0.717) is 17.6 Å². The Kier molecular flexibility index (Phi) is 5.07. The van der Waals surface area contributed by atoms with Gasteiger partial charge in [0.05, 0.1) is 12.7 Å². The minimum Gasteiger partial charge on any atom is -0.389 e. The van der Waals surface area contributed by atoms with Gasteiger partial charge in [0.2, 0.25) is 0 Å². The first kappa shape index (κ1) is 15.4. The highest BCUT2D eigenvalue weighted by Gasteiger charge is 2.26. The highest BCUT2D eigenvalue weighted by Crippen LogP contribution is 2.20. The molecule has 1 saturated heterocycles. The first-order valence-corrected chi connectivity index (χ1v) is 7.36. The number of rotatable bonds is 4. The Balaban J connectivity index is 2.23. The monoisotopic (exact) mass is 296 g/mol. The molecule has 1 fully saturated rings. The number of nitrogens with zero attached hydrogens (tertiary/aromatic N) is 1. The normalized spacial score (nSPS) is 23.8. The van der Waals surface area contributed by atoms with Gasteiger partial charge in [-0.25, -0.2) is 4.39 Å². The van der Waals surface area contributed by atoms with Gasteiger partial charge in [-0.1, -0.05) is 19.1 Å². The fourth-order valence-corrected chi connectivity index (χ4v) is 2.83. The molecule has 0 bridgehead atoms. The van der Waals surface area contributed by atoms with Crippen LogP contribution in [0, 0.1) is 5.82 Å². The lowest BCUT2D eigenvalue weighted by molar-refractivity contribution is -0.0592. The smallest absolute Gasteiger partial charge is 0.123 e. The van der Waals surface area contributed by atoms with Gasteiger partial charge in [0.1, 0.15) is 10.8 Å². The number of benzene rings is 1. The van der Waals surface area contributed by atoms with Crippen LogP contribution in [0.4, 0.5) is 4.39 Å². The maximum Gasteiger partial charge on any atom is 0.123 e. The van der Waals surface area contributed by atoms with Crippen molar-refractivity contribution < 1.29 is 9.13 Å². The quantitative estimate of drug-likeness (QED) is 0.866. The van der Waals surface area contributed by atoms with E-state index in [2.05, 4.69) is 18.7 Å². The summed E-state index contributed by atoms with van der Waals surface area (Å²) in [6.45, 7) is 6.40. The second-order valence-electron chi connectivity index (χ2n) is 5.30. The molecular weight excluding hydrogens is 275 g/mol. The first-order chi connectivity index (χ1) is 9.51. The molecule has 1 aliphatic heterocycles. The summed E-state index contributed by atoms with van der Waals surface area (Å²) < 4.78 is 19.2. The Bertz CT molecular complexity index is 495. The molecule has 0 saturated carbocycles. The van der Waals surface area contributed by atoms with Gasteiger partial charge < -0.3 is 10.5 Å². The van der Waals surface area contributed by atoms with Crippen molar-refractivity contribution in [3.8, 4) is 0 Å². The van der Waals surface area contributed by atoms with Gasteiger partial charge in [0, 0.05) is 24.7 Å². The van der Waals surface area contributed by atoms with E-state index in [1.807, 2.05) is 0 Å². The van der Waals surface area contributed by atoms with E-state index in [1.165, 1.54) is 12.1 Å². The molecule has 2 unspecified atom stereocenters. The van der Waals surface area contributed by atoms with Crippen LogP contribution in [-0.2, 0) is 11.3 Å². The molecule has 3 nitrogen and oxygen atoms in total. The number of thiocarbonyl (C=S) groups is 1. The second kappa shape index (κ2) is 6.61. The second-order valence-corrected chi connectivity index (χ2v) is 5.74. The molecule has 20 heavy (non-hydrogen) atoms. The van der Waals surface area contributed by atoms with E-state index in [9.17, 15) is 4.39 Å². The Morgan fingerprint density at radius 1 is 1.55 bits per heavy atom. The molecule has 1 heterocycles. The summed E-state index contributed by atoms with van der Waals surface area (Å²) in [7, 11) is 0. The summed E-state index contributed by atoms with van der Waals surface area (Å²) >= 11 is 5.05. The van der Waals surface area contributed by atoms with Crippen LogP contribution in [-0.4, -0.2) is 35.2 Å². The van der Waals surface area contributed by atoms with Gasteiger partial charge in [0.25, 0.3) is 0 Å². The van der Waals surface area contributed by atoms with Crippen molar-refractivity contribution >= 4 is 17.2 Å². The van der Waals surface area contributed by atoms with Crippen molar-refractivity contribution in [3.05, 3.63) is 35.1 Å². The SMILES string of the molecule is CCC1COC(C)CN1Cc1cc(F)ccc1C(N)=S. The molecule has 1 aliphatic rings. The summed E-state index contributed by atoms with van der Waals surface area (Å²) in [6, 6.07) is 4.95. The third-order valence-electron chi connectivity index (χ3n) is 3.76. The Morgan fingerprint density at radius 2 is 2.30 bits per heavy atom. The minimum atomic E-state index is -0.255. The van der Waals surface area contributed by atoms with Crippen LogP contribution in [0.15, 0.2) is 18.2 Å². The van der Waals surface area contributed by atoms with Gasteiger partial charge in [0.15, 0.2) is 0 Å². The number of hydrogen-bond acceptors (Lipinski definition) is 3. The maximum atomic E-state index is 13.5. The topological polar surface area (TPSA) is 38.5 Å². The van der Waals surface area contributed by atoms with Crippen molar-refractivity contribution in [3.63, 3.8) is 0 Å². The van der Waals surface area contributed by atoms with Crippen LogP contribution in [0.1, 0.15) is 31.4 Å². The third kappa shape index (κ3) is 3.53. The Hall–Kier alpha value is -1.04. The van der Waals surface area contributed by atoms with E-state index in [-0.39, 0.29) is 11.9 Å². The number of nitrogens with two attached hydrogens (primary N) is 1. The molecule has 5 heteroatoms. The fraction of sp³-hybridized carbons (Fsp3) is 0.533. The third-order valence-corrected chi connectivity index (χ3v) is 3.98. The lowest BCUT2D eigenvalue weighted by atomic mass is 10.0. The average molecular weight is 296 g/mol. The molecule has 2 N–H and O–H groups in total. The lowest BCUT2D eigenvalue weighted by Gasteiger charge is -2.38. The first-order valence-electron chi connectivity index (χ1n) is 6.95. The van der Waals surface area contributed by atoms with E-state index < -0.39 is 0 Å². The molecule has 110 valence electrons. The van der Waals surface area contributed by atoms with Gasteiger partial charge in [-0.3, -0.25) is 4.90 Å². The Morgan fingerprint density at radius 3 is 2.95 bits per heavy atom. The molecule has 0 radical (unpaired) electrons. The van der Waals surface area contributed by atoms with Crippen molar-refractivity contribution in [2.75, 3.05) is 13.2 Å². The molecule has 2 atom stereocenters. The van der Waals surface area contributed by atoms with Crippen molar-refractivity contribution in [1.29, 1.82) is 0 Å². The standard InChI is InChI=1S/C15H21FN2OS/c1-3-13-9-19-10(2)7-18(13)8-11-6-12(16)4-5-14(11)15(17)20/h4-6,10,13H,3,7-9H2,1-2H3,(H2,17,20). The van der Waals surface area contributed by atoms with E-state index in [4.69, 9.17) is 22.7 Å². The predicted octanol–water partition coefficient (Wildman–Crippen LogP) is 2.46. The van der Waals surface area contributed by atoms with Gasteiger partial charge in [-0.15, -0.1) is 0 Å². The van der Waals surface area contributed by atoms with Crippen LogP contribution < -0.4 is 5.73 Å². The van der Waals surface area contributed by atoms with E-state index in [1.54, 1.807) is 6.07 Å². The van der Waals surface area contributed by atoms with Crippen LogP contribution in [0.25, 0.3) is 0 Å². The zero-order valence-electron chi connectivity index (χ0n) is 11.9. The predicted molar refractivity (Wildman–Crippen MR) is 82.2 cm³/mol. The number of morpholine rings is 1. The molecule has 0 amide bonds. The van der Waals surface area contributed by atoms with Crippen LogP contribution in [0.5, 0.6) is 0 Å². The average Bonchev–Trinajstić information content (AvgIpc) is 2.38. The summed E-state index contributed by atoms with van der Waals surface area (Å²) in [5.74, 6) is -0.255. The van der Waals surface area contributed by atoms with Crippen molar-refractivity contribution in [1.82, 2.24) is 4.90 Å². The number of ether oxygens (including phenoxy) is 1. The number of hydrogen-bond donors (Lipinski definition) is 1. The highest BCUT2D eigenvalue weighted by molar-refractivity contribution is 7.80. The minimum absolute atomic E-state index is 0.194. The van der Waals surface area contributed by atoms with Gasteiger partial charge in [-0.05, 0) is 37.1 Å². The zero-order chi connectivity index (χ0) is 14.7. The summed E-state index contributed by atoms with van der Waals surface area (Å²) in [6.07, 6.45) is 1.20. The molecule has 2 rings (SSSR count). The number of halogens is 1. The molecule has 0 aromatic heterocycles. The van der Waals surface area contributed by atoms with Gasteiger partial charge >= 0.3 is 0 Å². The fourth-order valence-electron chi connectivity index (χ4n) is 2.63. The largest absolute Gasteiger partial charge is 0.389 e. The van der Waals surface area contributed by atoms with Crippen molar-refractivity contribution in [2.24, 2.45) is 5.73 Å². The van der Waals surface area contributed by atoms with Crippen molar-refractivity contribution in [2.45, 2.75) is 39.0 Å². The van der Waals surface area contributed by atoms with Crippen LogP contribution in [0.3, 0.4) is 0 Å². The summed E-state index contributed by atoms with van der Waals surface area (Å²) in [4.78, 5) is 2.64. The van der Waals surface area contributed by atoms with Crippen LogP contribution in [0.2, 0.25) is 0 Å². The summed E-state index contributed by atoms with van der Waals surface area (Å²) in [5, 5.41) is 0. The summed E-state index contributed by atoms with van der Waals surface area (Å²) in [5.41, 5.74) is 7.34. The van der Waals surface area contributed by atoms with Crippen LogP contribution >= 0.6 is 12.2 Å². The Labute approximate surface area is 124 Å². The molecule has 0 spiro atoms. The zero-order valence-corrected chi connectivity index (χ0v) is 12.8. The molecular formula is C15H21FN2OS. The van der Waals surface area contributed by atoms with E-state index >= 15 is 0 Å².